The molecule has 2 aliphatic heterocycles. The number of piperazine rings is 1. The fraction of sp³-hybridized carbons (Fsp3) is 0.378. The first-order chi connectivity index (χ1) is 29.4. The van der Waals surface area contributed by atoms with Crippen LogP contribution in [-0.4, -0.2) is 86.6 Å². The van der Waals surface area contributed by atoms with E-state index in [4.69, 9.17) is 21.1 Å². The van der Waals surface area contributed by atoms with Crippen molar-refractivity contribution < 1.29 is 27.6 Å². The molecule has 2 atom stereocenters. The Kier molecular flexibility index (Phi) is 12.6. The molecule has 2 saturated heterocycles. The molecule has 4 heterocycles. The number of anilines is 2. The zero-order valence-electron chi connectivity index (χ0n) is 34.2. The van der Waals surface area contributed by atoms with E-state index < -0.39 is 31.4 Å². The van der Waals surface area contributed by atoms with Crippen LogP contribution in [-0.2, 0) is 14.8 Å². The van der Waals surface area contributed by atoms with Crippen LogP contribution in [0.1, 0.15) is 61.4 Å². The lowest BCUT2D eigenvalue weighted by molar-refractivity contribution is -0.384. The Balaban J connectivity index is 0.992. The van der Waals surface area contributed by atoms with Crippen molar-refractivity contribution in [2.75, 3.05) is 62.7 Å². The number of nitro benzene ring substituents is 1. The molecule has 3 aliphatic rings. The van der Waals surface area contributed by atoms with Gasteiger partial charge in [-0.2, -0.15) is 0 Å². The number of nitrogens with one attached hydrogen (secondary N) is 3. The fourth-order valence-electron chi connectivity index (χ4n) is 8.69. The van der Waals surface area contributed by atoms with Crippen LogP contribution in [0.5, 0.6) is 11.5 Å². The number of carbonyl (C=O) groups is 1. The summed E-state index contributed by atoms with van der Waals surface area (Å²) in [6.45, 7) is 10.4. The van der Waals surface area contributed by atoms with Crippen molar-refractivity contribution in [1.29, 1.82) is 0 Å². The molecule has 2 fully saturated rings. The Morgan fingerprint density at radius 1 is 0.984 bits per heavy atom. The van der Waals surface area contributed by atoms with E-state index in [0.29, 0.717) is 43.0 Å². The van der Waals surface area contributed by atoms with Crippen molar-refractivity contribution in [3.8, 4) is 11.5 Å². The molecular formula is C45H50ClN7O7S. The standard InChI is InChI=1S/C45H50ClN7O7S/c1-29-21-34(40(22-30(29)2)32-3-5-35(46)6-4-32)28-51-15-17-52(18-16-51)36-7-9-39(43(24-36)60-37-23-33-11-14-47-44(33)49-27-37)45(54)50-61(57,58)38-8-10-41(42(25-38)53(55)56)48-26-31-12-19-59-20-13-31/h3-11,14,23-25,27,31,34,40,48H,12-13,15-22,26,28H2,1-2H3,(H,47,49)(H,50,54)/t34-,40-/m1/s1. The van der Waals surface area contributed by atoms with Gasteiger partial charge in [-0.25, -0.2) is 18.1 Å². The first-order valence-electron chi connectivity index (χ1n) is 20.7. The maximum absolute atomic E-state index is 13.9. The van der Waals surface area contributed by atoms with Crippen LogP contribution in [0.25, 0.3) is 11.0 Å². The summed E-state index contributed by atoms with van der Waals surface area (Å²) < 4.78 is 41.2. The average molecular weight is 868 g/mol. The molecule has 1 amide bonds. The van der Waals surface area contributed by atoms with Crippen molar-refractivity contribution in [1.82, 2.24) is 19.6 Å². The highest BCUT2D eigenvalue weighted by atomic mass is 35.5. The summed E-state index contributed by atoms with van der Waals surface area (Å²) in [5, 5.41) is 16.7. The second-order valence-electron chi connectivity index (χ2n) is 16.4. The Hall–Kier alpha value is -5.48. The topological polar surface area (TPSA) is 172 Å². The Morgan fingerprint density at radius 3 is 2.49 bits per heavy atom. The number of pyridine rings is 1. The number of hydrogen-bond donors (Lipinski definition) is 3. The SMILES string of the molecule is CC1=C(C)C[C@H](c2ccc(Cl)cc2)[C@@H](CN2CCN(c3ccc(C(=O)NS(=O)(=O)c4ccc(NCC5CCOCC5)c([N+](=O)[O-])c4)c(Oc4cnc5[nH]ccc5c4)c3)CC2)C1. The number of carbonyl (C=O) groups excluding carboxylic acids is 1. The van der Waals surface area contributed by atoms with Gasteiger partial charge in [0.1, 0.15) is 22.8 Å². The van der Waals surface area contributed by atoms with Crippen LogP contribution in [0.15, 0.2) is 101 Å². The molecule has 0 bridgehead atoms. The van der Waals surface area contributed by atoms with Gasteiger partial charge in [0.15, 0.2) is 0 Å². The maximum Gasteiger partial charge on any atom is 0.293 e. The maximum atomic E-state index is 13.9. The number of hydrogen-bond acceptors (Lipinski definition) is 11. The summed E-state index contributed by atoms with van der Waals surface area (Å²) in [5.74, 6) is 0.700. The number of H-pyrrole nitrogens is 1. The monoisotopic (exact) mass is 867 g/mol. The van der Waals surface area contributed by atoms with Gasteiger partial charge in [0.25, 0.3) is 21.6 Å². The molecule has 0 saturated carbocycles. The smallest absolute Gasteiger partial charge is 0.293 e. The lowest BCUT2D eigenvalue weighted by atomic mass is 9.73. The number of nitro groups is 1. The van der Waals surface area contributed by atoms with E-state index in [1.54, 1.807) is 30.5 Å². The number of amides is 1. The van der Waals surface area contributed by atoms with Gasteiger partial charge in [0, 0.05) is 86.9 Å². The third-order valence-electron chi connectivity index (χ3n) is 12.4. The Morgan fingerprint density at radius 2 is 1.74 bits per heavy atom. The van der Waals surface area contributed by atoms with Crippen LogP contribution in [0, 0.1) is 22.0 Å². The molecule has 0 radical (unpaired) electrons. The zero-order chi connectivity index (χ0) is 42.7. The van der Waals surface area contributed by atoms with Gasteiger partial charge in [0.2, 0.25) is 0 Å². The molecule has 16 heteroatoms. The molecular weight excluding hydrogens is 818 g/mol. The molecule has 61 heavy (non-hydrogen) atoms. The molecule has 320 valence electrons. The molecule has 5 aromatic rings. The molecule has 3 N–H and O–H groups in total. The van der Waals surface area contributed by atoms with Crippen LogP contribution in [0.3, 0.4) is 0 Å². The molecule has 0 unspecified atom stereocenters. The van der Waals surface area contributed by atoms with E-state index in [-0.39, 0.29) is 22.9 Å². The normalized spacial score (nSPS) is 19.2. The first kappa shape index (κ1) is 42.2. The quantitative estimate of drug-likeness (QED) is 0.0589. The number of fused-ring (bicyclic) bond motifs is 1. The minimum Gasteiger partial charge on any atom is -0.455 e. The van der Waals surface area contributed by atoms with E-state index in [1.807, 2.05) is 18.2 Å². The zero-order valence-corrected chi connectivity index (χ0v) is 35.8. The minimum absolute atomic E-state index is 0.0337. The van der Waals surface area contributed by atoms with Crippen molar-refractivity contribution >= 4 is 55.6 Å². The molecule has 2 aromatic heterocycles. The number of rotatable bonds is 13. The highest BCUT2D eigenvalue weighted by Gasteiger charge is 2.32. The van der Waals surface area contributed by atoms with Crippen molar-refractivity contribution in [3.05, 3.63) is 123 Å². The average Bonchev–Trinajstić information content (AvgIpc) is 3.73. The summed E-state index contributed by atoms with van der Waals surface area (Å²) in [6, 6.07) is 20.6. The third kappa shape index (κ3) is 9.86. The van der Waals surface area contributed by atoms with Gasteiger partial charge in [-0.05, 0) is 111 Å². The van der Waals surface area contributed by atoms with E-state index >= 15 is 0 Å². The van der Waals surface area contributed by atoms with Crippen LogP contribution in [0.2, 0.25) is 5.02 Å². The minimum atomic E-state index is -4.55. The van der Waals surface area contributed by atoms with Crippen molar-refractivity contribution in [2.24, 2.45) is 11.8 Å². The second-order valence-corrected chi connectivity index (χ2v) is 18.5. The number of aromatic amines is 1. The highest BCUT2D eigenvalue weighted by molar-refractivity contribution is 7.90. The third-order valence-corrected chi connectivity index (χ3v) is 13.9. The summed E-state index contributed by atoms with van der Waals surface area (Å²) in [4.78, 5) is 37.2. The molecule has 3 aromatic carbocycles. The predicted molar refractivity (Wildman–Crippen MR) is 236 cm³/mol. The summed E-state index contributed by atoms with van der Waals surface area (Å²) in [6.07, 6.45) is 7.03. The highest BCUT2D eigenvalue weighted by Crippen LogP contribution is 2.42. The molecule has 0 spiro atoms. The second kappa shape index (κ2) is 18.2. The number of aromatic nitrogens is 2. The Labute approximate surface area is 360 Å². The number of allylic oxidation sites excluding steroid dienone is 2. The van der Waals surface area contributed by atoms with Gasteiger partial charge in [-0.1, -0.05) is 34.9 Å². The predicted octanol–water partition coefficient (Wildman–Crippen LogP) is 8.53. The van der Waals surface area contributed by atoms with E-state index in [1.165, 1.54) is 35.0 Å². The van der Waals surface area contributed by atoms with Crippen molar-refractivity contribution in [2.45, 2.75) is 50.3 Å². The molecule has 1 aliphatic carbocycles. The van der Waals surface area contributed by atoms with Gasteiger partial charge in [-0.15, -0.1) is 0 Å². The van der Waals surface area contributed by atoms with Crippen molar-refractivity contribution in [3.63, 3.8) is 0 Å². The van der Waals surface area contributed by atoms with Crippen LogP contribution >= 0.6 is 11.6 Å². The van der Waals surface area contributed by atoms with E-state index in [2.05, 4.69) is 55.8 Å². The largest absolute Gasteiger partial charge is 0.455 e. The number of halogens is 1. The summed E-state index contributed by atoms with van der Waals surface area (Å²) >= 11 is 6.24. The van der Waals surface area contributed by atoms with Crippen LogP contribution in [0.4, 0.5) is 17.1 Å². The lowest BCUT2D eigenvalue weighted by Crippen LogP contribution is -2.48. The van der Waals surface area contributed by atoms with Gasteiger partial charge < -0.3 is 24.7 Å². The van der Waals surface area contributed by atoms with Gasteiger partial charge >= 0.3 is 0 Å². The van der Waals surface area contributed by atoms with Gasteiger partial charge in [0.05, 0.1) is 21.6 Å². The first-order valence-corrected chi connectivity index (χ1v) is 22.6. The number of nitrogens with zero attached hydrogens (tertiary/aromatic N) is 4. The molecule has 14 nitrogen and oxygen atoms in total. The fourth-order valence-corrected chi connectivity index (χ4v) is 9.81. The number of sulfonamides is 1. The molecule has 8 rings (SSSR count). The summed E-state index contributed by atoms with van der Waals surface area (Å²) in [7, 11) is -4.55. The number of ether oxygens (including phenoxy) is 2. The van der Waals surface area contributed by atoms with Crippen LogP contribution < -0.4 is 19.7 Å². The van der Waals surface area contributed by atoms with E-state index in [9.17, 15) is 23.3 Å². The van der Waals surface area contributed by atoms with Gasteiger partial charge in [-0.3, -0.25) is 19.8 Å². The summed E-state index contributed by atoms with van der Waals surface area (Å²) in [5.41, 5.74) is 5.48. The lowest BCUT2D eigenvalue weighted by Gasteiger charge is -2.41. The number of benzene rings is 3. The Bertz CT molecular complexity index is 2550. The van der Waals surface area contributed by atoms with E-state index in [0.717, 1.165) is 80.6 Å².